The van der Waals surface area contributed by atoms with Crippen LogP contribution in [0.5, 0.6) is 0 Å². The van der Waals surface area contributed by atoms with Gasteiger partial charge < -0.3 is 20.7 Å². The Balaban J connectivity index is 1.40. The first-order chi connectivity index (χ1) is 21.2. The van der Waals surface area contributed by atoms with E-state index in [1.54, 1.807) is 39.0 Å². The lowest BCUT2D eigenvalue weighted by Gasteiger charge is -2.23. The Morgan fingerprint density at radius 3 is 2.42 bits per heavy atom. The zero-order valence-corrected chi connectivity index (χ0v) is 26.9. The quantitative estimate of drug-likeness (QED) is 0.182. The van der Waals surface area contributed by atoms with Crippen LogP contribution in [-0.4, -0.2) is 45.0 Å². The Morgan fingerprint density at radius 2 is 1.71 bits per heavy atom. The van der Waals surface area contributed by atoms with E-state index < -0.39 is 23.6 Å². The molecule has 0 bridgehead atoms. The predicted octanol–water partition coefficient (Wildman–Crippen LogP) is 6.79. The molecule has 0 aliphatic heterocycles. The highest BCUT2D eigenvalue weighted by Crippen LogP contribution is 2.31. The van der Waals surface area contributed by atoms with Crippen molar-refractivity contribution < 1.29 is 19.1 Å². The van der Waals surface area contributed by atoms with Gasteiger partial charge in [-0.3, -0.25) is 14.6 Å². The maximum Gasteiger partial charge on any atom is 0.407 e. The number of benzene rings is 2. The van der Waals surface area contributed by atoms with Crippen molar-refractivity contribution in [1.29, 1.82) is 0 Å². The summed E-state index contributed by atoms with van der Waals surface area (Å²) in [6, 6.07) is 16.5. The maximum atomic E-state index is 13.6. The highest BCUT2D eigenvalue weighted by molar-refractivity contribution is 7.20. The zero-order chi connectivity index (χ0) is 32.4. The van der Waals surface area contributed by atoms with Crippen molar-refractivity contribution in [3.8, 4) is 0 Å². The third-order valence-corrected chi connectivity index (χ3v) is 7.93. The first-order valence-corrected chi connectivity index (χ1v) is 15.4. The summed E-state index contributed by atoms with van der Waals surface area (Å²) in [4.78, 5) is 52.9. The molecular weight excluding hydrogens is 588 g/mol. The van der Waals surface area contributed by atoms with E-state index in [1.807, 2.05) is 18.2 Å². The van der Waals surface area contributed by atoms with Crippen LogP contribution in [0.1, 0.15) is 78.9 Å². The summed E-state index contributed by atoms with van der Waals surface area (Å²) < 4.78 is 5.41. The number of nitrogens with one attached hydrogen (secondary N) is 3. The summed E-state index contributed by atoms with van der Waals surface area (Å²) in [5.41, 5.74) is 2.71. The molecule has 1 atom stereocenters. The van der Waals surface area contributed by atoms with Gasteiger partial charge in [0.05, 0.1) is 22.6 Å². The molecule has 0 radical (unpaired) electrons. The molecule has 0 aliphatic rings. The minimum Gasteiger partial charge on any atom is -0.444 e. The van der Waals surface area contributed by atoms with Crippen molar-refractivity contribution in [2.75, 3.05) is 11.9 Å². The number of carbonyl (C=O) groups excluding carboxylic acids is 3. The molecule has 45 heavy (non-hydrogen) atoms. The molecule has 3 amide bonds. The van der Waals surface area contributed by atoms with Gasteiger partial charge in [-0.25, -0.2) is 14.8 Å². The minimum atomic E-state index is -0.686. The average molecular weight is 625 g/mol. The molecule has 3 heterocycles. The Kier molecular flexibility index (Phi) is 8.83. The molecule has 5 aromatic rings. The molecule has 11 heteroatoms. The van der Waals surface area contributed by atoms with Crippen molar-refractivity contribution in [2.45, 2.75) is 58.6 Å². The fourth-order valence-corrected chi connectivity index (χ4v) is 5.56. The van der Waals surface area contributed by atoms with E-state index in [2.05, 4.69) is 64.9 Å². The number of hydrogen-bond acceptors (Lipinski definition) is 8. The van der Waals surface area contributed by atoms with Crippen LogP contribution in [0.25, 0.3) is 21.1 Å². The molecule has 0 fully saturated rings. The van der Waals surface area contributed by atoms with Gasteiger partial charge in [0.2, 0.25) is 0 Å². The lowest BCUT2D eigenvalue weighted by Crippen LogP contribution is -2.40. The number of pyridine rings is 1. The van der Waals surface area contributed by atoms with Gasteiger partial charge in [-0.05, 0) is 73.7 Å². The second kappa shape index (κ2) is 12.6. The number of nitrogens with zero attached hydrogens (tertiary/aromatic N) is 3. The third-order valence-electron chi connectivity index (χ3n) is 6.89. The number of alkyl carbamates (subject to hydrolysis) is 1. The summed E-state index contributed by atoms with van der Waals surface area (Å²) in [5.74, 6) is -0.741. The van der Waals surface area contributed by atoms with Crippen LogP contribution in [0, 0.1) is 0 Å². The van der Waals surface area contributed by atoms with E-state index >= 15 is 0 Å². The number of ether oxygens (including phenoxy) is 1. The van der Waals surface area contributed by atoms with Gasteiger partial charge in [-0.1, -0.05) is 39.0 Å². The Morgan fingerprint density at radius 1 is 0.911 bits per heavy atom. The summed E-state index contributed by atoms with van der Waals surface area (Å²) in [7, 11) is 0. The predicted molar refractivity (Wildman–Crippen MR) is 177 cm³/mol. The smallest absolute Gasteiger partial charge is 0.407 e. The van der Waals surface area contributed by atoms with Crippen molar-refractivity contribution >= 4 is 56.1 Å². The Hall–Kier alpha value is -4.90. The van der Waals surface area contributed by atoms with Crippen LogP contribution in [-0.2, 0) is 10.2 Å². The maximum absolute atomic E-state index is 13.6. The molecular formula is C34H36N6O4S. The zero-order valence-electron chi connectivity index (χ0n) is 26.1. The number of rotatable bonds is 7. The number of fused-ring (bicyclic) bond motifs is 2. The molecule has 0 unspecified atom stereocenters. The molecule has 10 nitrogen and oxygen atoms in total. The molecule has 0 saturated carbocycles. The first kappa shape index (κ1) is 31.5. The number of anilines is 1. The van der Waals surface area contributed by atoms with E-state index in [1.165, 1.54) is 35.5 Å². The van der Waals surface area contributed by atoms with Crippen molar-refractivity contribution in [1.82, 2.24) is 25.6 Å². The van der Waals surface area contributed by atoms with Gasteiger partial charge >= 0.3 is 6.09 Å². The van der Waals surface area contributed by atoms with Gasteiger partial charge in [-0.15, -0.1) is 11.3 Å². The lowest BCUT2D eigenvalue weighted by atomic mass is 9.86. The van der Waals surface area contributed by atoms with Gasteiger partial charge in [0.25, 0.3) is 11.8 Å². The third kappa shape index (κ3) is 7.98. The standard InChI is InChI=1S/C34H36N6O4S/c1-33(2,3)23-10-11-25-21(15-23)14-22-17-28(45-31(22)40-25)30(42)39-26(19-37-32(43)44-34(4,5)6)20-8-7-9-24(16-20)38-29(41)27-18-35-12-13-36-27/h7-18,26H,19H2,1-6H3,(H,37,43)(H,38,41)(H,39,42)/t26-/m0/s1. The summed E-state index contributed by atoms with van der Waals surface area (Å²) in [5, 5.41) is 10.5. The largest absolute Gasteiger partial charge is 0.444 e. The first-order valence-electron chi connectivity index (χ1n) is 14.5. The van der Waals surface area contributed by atoms with Crippen LogP contribution in [0.3, 0.4) is 0 Å². The number of thiophene rings is 1. The average Bonchev–Trinajstić information content (AvgIpc) is 3.40. The molecule has 5 rings (SSSR count). The van der Waals surface area contributed by atoms with E-state index in [4.69, 9.17) is 9.72 Å². The molecule has 2 aromatic carbocycles. The highest BCUT2D eigenvalue weighted by atomic mass is 32.1. The van der Waals surface area contributed by atoms with Gasteiger partial charge in [-0.2, -0.15) is 0 Å². The fraction of sp³-hybridized carbons (Fsp3) is 0.294. The summed E-state index contributed by atoms with van der Waals surface area (Å²) in [6.45, 7) is 11.9. The lowest BCUT2D eigenvalue weighted by molar-refractivity contribution is 0.0519. The van der Waals surface area contributed by atoms with Gasteiger partial charge in [0, 0.05) is 35.4 Å². The van der Waals surface area contributed by atoms with E-state index in [0.29, 0.717) is 16.1 Å². The molecule has 0 spiro atoms. The van der Waals surface area contributed by atoms with Crippen molar-refractivity contribution in [3.63, 3.8) is 0 Å². The minimum absolute atomic E-state index is 0.000939. The summed E-state index contributed by atoms with van der Waals surface area (Å²) in [6.07, 6.45) is 3.69. The monoisotopic (exact) mass is 624 g/mol. The van der Waals surface area contributed by atoms with Gasteiger partial charge in [0.1, 0.15) is 16.1 Å². The Labute approximate surface area is 265 Å². The van der Waals surface area contributed by atoms with E-state index in [-0.39, 0.29) is 23.6 Å². The number of aromatic nitrogens is 3. The van der Waals surface area contributed by atoms with Crippen LogP contribution in [0.4, 0.5) is 10.5 Å². The SMILES string of the molecule is CC(C)(C)OC(=O)NC[C@H](NC(=O)c1cc2cc3cc(C(C)(C)C)ccc3nc2s1)c1cccc(NC(=O)c2cnccn2)c1. The fourth-order valence-electron chi connectivity index (χ4n) is 4.64. The second-order valence-electron chi connectivity index (χ2n) is 12.7. The van der Waals surface area contributed by atoms with Crippen LogP contribution < -0.4 is 16.0 Å². The topological polar surface area (TPSA) is 135 Å². The van der Waals surface area contributed by atoms with Crippen molar-refractivity contribution in [2.24, 2.45) is 0 Å². The van der Waals surface area contributed by atoms with Crippen LogP contribution in [0.15, 0.2) is 73.2 Å². The molecule has 3 N–H and O–H groups in total. The molecule has 0 saturated heterocycles. The van der Waals surface area contributed by atoms with E-state index in [0.717, 1.165) is 21.1 Å². The van der Waals surface area contributed by atoms with Crippen LogP contribution in [0.2, 0.25) is 0 Å². The number of amides is 3. The molecule has 232 valence electrons. The second-order valence-corrected chi connectivity index (χ2v) is 13.8. The highest BCUT2D eigenvalue weighted by Gasteiger charge is 2.22. The number of carbonyl (C=O) groups is 3. The van der Waals surface area contributed by atoms with Crippen LogP contribution >= 0.6 is 11.3 Å². The molecule has 0 aliphatic carbocycles. The molecule has 3 aromatic heterocycles. The number of hydrogen-bond donors (Lipinski definition) is 3. The van der Waals surface area contributed by atoms with E-state index in [9.17, 15) is 14.4 Å². The normalized spacial score (nSPS) is 12.5. The van der Waals surface area contributed by atoms with Crippen molar-refractivity contribution in [3.05, 3.63) is 94.9 Å². The summed E-state index contributed by atoms with van der Waals surface area (Å²) >= 11 is 1.30. The van der Waals surface area contributed by atoms with Gasteiger partial charge in [0.15, 0.2) is 0 Å². The Bertz CT molecular complexity index is 1880.